The van der Waals surface area contributed by atoms with Crippen LogP contribution in [0.15, 0.2) is 48.5 Å². The van der Waals surface area contributed by atoms with Crippen molar-refractivity contribution in [3.8, 4) is 0 Å². The second kappa shape index (κ2) is 11.6. The molecule has 0 aliphatic heterocycles. The summed E-state index contributed by atoms with van der Waals surface area (Å²) in [5.74, 6) is -0.178. The van der Waals surface area contributed by atoms with Gasteiger partial charge in [0.1, 0.15) is 6.04 Å². The first kappa shape index (κ1) is 23.0. The van der Waals surface area contributed by atoms with Crippen LogP contribution in [0.4, 0.5) is 0 Å². The molecular formula is C24H31ClN2O2. The fourth-order valence-corrected chi connectivity index (χ4v) is 3.50. The normalized spacial score (nSPS) is 11.7. The molecule has 0 saturated carbocycles. The molecule has 2 amide bonds. The Balaban J connectivity index is 2.28. The predicted molar refractivity (Wildman–Crippen MR) is 119 cm³/mol. The van der Waals surface area contributed by atoms with Crippen molar-refractivity contribution in [2.75, 3.05) is 6.54 Å². The lowest BCUT2D eigenvalue weighted by Gasteiger charge is -2.31. The van der Waals surface area contributed by atoms with Crippen LogP contribution in [0.25, 0.3) is 0 Å². The van der Waals surface area contributed by atoms with Crippen LogP contribution < -0.4 is 5.32 Å². The smallest absolute Gasteiger partial charge is 0.242 e. The predicted octanol–water partition coefficient (Wildman–Crippen LogP) is 4.91. The van der Waals surface area contributed by atoms with Crippen LogP contribution in [-0.2, 0) is 22.6 Å². The van der Waals surface area contributed by atoms with E-state index in [0.29, 0.717) is 24.5 Å². The summed E-state index contributed by atoms with van der Waals surface area (Å²) in [5.41, 5.74) is 2.88. The molecule has 2 rings (SSSR count). The molecule has 2 aromatic rings. The molecule has 0 aromatic heterocycles. The maximum absolute atomic E-state index is 13.3. The van der Waals surface area contributed by atoms with Gasteiger partial charge in [0.2, 0.25) is 11.8 Å². The molecule has 0 heterocycles. The van der Waals surface area contributed by atoms with E-state index in [1.165, 1.54) is 0 Å². The molecule has 0 spiro atoms. The summed E-state index contributed by atoms with van der Waals surface area (Å²) in [6.07, 6.45) is 2.73. The number of benzene rings is 2. The Hall–Kier alpha value is -2.33. The fourth-order valence-electron chi connectivity index (χ4n) is 3.31. The highest BCUT2D eigenvalue weighted by molar-refractivity contribution is 6.31. The van der Waals surface area contributed by atoms with Gasteiger partial charge in [0.05, 0.1) is 6.42 Å². The minimum Gasteiger partial charge on any atom is -0.354 e. The van der Waals surface area contributed by atoms with Crippen molar-refractivity contribution in [2.24, 2.45) is 0 Å². The van der Waals surface area contributed by atoms with Crippen LogP contribution in [0.1, 0.15) is 49.8 Å². The molecule has 5 heteroatoms. The third-order valence-corrected chi connectivity index (χ3v) is 5.49. The lowest BCUT2D eigenvalue weighted by molar-refractivity contribution is -0.140. The van der Waals surface area contributed by atoms with Crippen molar-refractivity contribution in [2.45, 2.75) is 59.0 Å². The standard InChI is InChI=1S/C24H31ClN2O2/c1-4-6-15-26-24(29)22(5-2)27(17-20-13-9-10-14-21(20)25)23(28)16-19-12-8-7-11-18(19)3/h7-14,22H,4-6,15-17H2,1-3H3,(H,26,29). The number of carbonyl (C=O) groups excluding carboxylic acids is 2. The number of nitrogens with zero attached hydrogens (tertiary/aromatic N) is 1. The summed E-state index contributed by atoms with van der Waals surface area (Å²) < 4.78 is 0. The highest BCUT2D eigenvalue weighted by Crippen LogP contribution is 2.21. The zero-order valence-electron chi connectivity index (χ0n) is 17.6. The van der Waals surface area contributed by atoms with Gasteiger partial charge in [0.15, 0.2) is 0 Å². The van der Waals surface area contributed by atoms with Gasteiger partial charge in [0.25, 0.3) is 0 Å². The summed E-state index contributed by atoms with van der Waals surface area (Å²) in [5, 5.41) is 3.58. The Morgan fingerprint density at radius 2 is 1.69 bits per heavy atom. The van der Waals surface area contributed by atoms with Crippen molar-refractivity contribution in [1.82, 2.24) is 10.2 Å². The monoisotopic (exact) mass is 414 g/mol. The number of amides is 2. The average molecular weight is 415 g/mol. The van der Waals surface area contributed by atoms with Crippen LogP contribution in [0.2, 0.25) is 5.02 Å². The van der Waals surface area contributed by atoms with E-state index in [9.17, 15) is 9.59 Å². The minimum atomic E-state index is -0.528. The number of hydrogen-bond acceptors (Lipinski definition) is 2. The second-order valence-electron chi connectivity index (χ2n) is 7.28. The van der Waals surface area contributed by atoms with Crippen molar-refractivity contribution in [1.29, 1.82) is 0 Å². The first-order valence-electron chi connectivity index (χ1n) is 10.3. The highest BCUT2D eigenvalue weighted by atomic mass is 35.5. The van der Waals surface area contributed by atoms with Gasteiger partial charge in [-0.3, -0.25) is 9.59 Å². The van der Waals surface area contributed by atoms with Crippen LogP contribution in [-0.4, -0.2) is 29.3 Å². The quantitative estimate of drug-likeness (QED) is 0.561. The molecule has 1 unspecified atom stereocenters. The molecule has 1 atom stereocenters. The number of halogens is 1. The minimum absolute atomic E-state index is 0.0725. The summed E-state index contributed by atoms with van der Waals surface area (Å²) in [7, 11) is 0. The van der Waals surface area contributed by atoms with E-state index in [-0.39, 0.29) is 18.2 Å². The molecule has 0 saturated heterocycles. The second-order valence-corrected chi connectivity index (χ2v) is 7.69. The molecule has 156 valence electrons. The average Bonchev–Trinajstić information content (AvgIpc) is 2.71. The molecule has 0 radical (unpaired) electrons. The molecule has 29 heavy (non-hydrogen) atoms. The molecule has 0 aliphatic carbocycles. The first-order chi connectivity index (χ1) is 14.0. The lowest BCUT2D eigenvalue weighted by Crippen LogP contribution is -2.49. The fraction of sp³-hybridized carbons (Fsp3) is 0.417. The molecule has 2 aromatic carbocycles. The number of aryl methyl sites for hydroxylation is 1. The molecule has 0 bridgehead atoms. The summed E-state index contributed by atoms with van der Waals surface area (Å²) >= 11 is 6.35. The van der Waals surface area contributed by atoms with Crippen LogP contribution >= 0.6 is 11.6 Å². The summed E-state index contributed by atoms with van der Waals surface area (Å²) in [4.78, 5) is 27.8. The van der Waals surface area contributed by atoms with E-state index in [0.717, 1.165) is 29.5 Å². The number of nitrogens with one attached hydrogen (secondary N) is 1. The molecule has 4 nitrogen and oxygen atoms in total. The van der Waals surface area contributed by atoms with E-state index < -0.39 is 6.04 Å². The molecular weight excluding hydrogens is 384 g/mol. The largest absolute Gasteiger partial charge is 0.354 e. The van der Waals surface area contributed by atoms with Crippen LogP contribution in [0.5, 0.6) is 0 Å². The zero-order chi connectivity index (χ0) is 21.2. The number of unbranched alkanes of at least 4 members (excludes halogenated alkanes) is 1. The number of carbonyl (C=O) groups is 2. The van der Waals surface area contributed by atoms with Gasteiger partial charge in [-0.2, -0.15) is 0 Å². The van der Waals surface area contributed by atoms with Crippen molar-refractivity contribution in [3.63, 3.8) is 0 Å². The topological polar surface area (TPSA) is 49.4 Å². The SMILES string of the molecule is CCCCNC(=O)C(CC)N(Cc1ccccc1Cl)C(=O)Cc1ccccc1C. The van der Waals surface area contributed by atoms with Crippen molar-refractivity contribution >= 4 is 23.4 Å². The highest BCUT2D eigenvalue weighted by Gasteiger charge is 2.29. The van der Waals surface area contributed by atoms with Crippen molar-refractivity contribution < 1.29 is 9.59 Å². The van der Waals surface area contributed by atoms with Gasteiger partial charge in [-0.15, -0.1) is 0 Å². The lowest BCUT2D eigenvalue weighted by atomic mass is 10.0. The summed E-state index contributed by atoms with van der Waals surface area (Å²) in [6, 6.07) is 14.8. The van der Waals surface area contributed by atoms with Crippen molar-refractivity contribution in [3.05, 3.63) is 70.2 Å². The molecule has 0 aliphatic rings. The zero-order valence-corrected chi connectivity index (χ0v) is 18.3. The maximum Gasteiger partial charge on any atom is 0.242 e. The van der Waals surface area contributed by atoms with Crippen LogP contribution in [0, 0.1) is 6.92 Å². The maximum atomic E-state index is 13.3. The van der Waals surface area contributed by atoms with Crippen LogP contribution in [0.3, 0.4) is 0 Å². The Morgan fingerprint density at radius 3 is 2.31 bits per heavy atom. The van der Waals surface area contributed by atoms with Gasteiger partial charge in [-0.1, -0.05) is 74.3 Å². The number of hydrogen-bond donors (Lipinski definition) is 1. The van der Waals surface area contributed by atoms with E-state index >= 15 is 0 Å². The molecule has 0 fully saturated rings. The summed E-state index contributed by atoms with van der Waals surface area (Å²) in [6.45, 7) is 6.95. The molecule has 1 N–H and O–H groups in total. The van der Waals surface area contributed by atoms with E-state index in [1.807, 2.05) is 62.4 Å². The van der Waals surface area contributed by atoms with E-state index in [2.05, 4.69) is 12.2 Å². The van der Waals surface area contributed by atoms with E-state index in [1.54, 1.807) is 4.90 Å². The Morgan fingerprint density at radius 1 is 1.03 bits per heavy atom. The van der Waals surface area contributed by atoms with Gasteiger partial charge in [0, 0.05) is 18.1 Å². The third kappa shape index (κ3) is 6.60. The Kier molecular flexibility index (Phi) is 9.20. The number of rotatable bonds is 10. The Bertz CT molecular complexity index is 822. The third-order valence-electron chi connectivity index (χ3n) is 5.12. The van der Waals surface area contributed by atoms with E-state index in [4.69, 9.17) is 11.6 Å². The van der Waals surface area contributed by atoms with Gasteiger partial charge < -0.3 is 10.2 Å². The van der Waals surface area contributed by atoms with Gasteiger partial charge in [-0.05, 0) is 42.5 Å². The van der Waals surface area contributed by atoms with Gasteiger partial charge in [-0.25, -0.2) is 0 Å². The first-order valence-corrected chi connectivity index (χ1v) is 10.7. The Labute approximate surface area is 179 Å². The van der Waals surface area contributed by atoms with Gasteiger partial charge >= 0.3 is 0 Å².